The van der Waals surface area contributed by atoms with Crippen molar-refractivity contribution in [3.05, 3.63) is 47.5 Å². The van der Waals surface area contributed by atoms with Crippen LogP contribution in [-0.4, -0.2) is 11.1 Å². The molecule has 0 bridgehead atoms. The Morgan fingerprint density at radius 2 is 2.12 bits per heavy atom. The SMILES string of the molecule is O=C(O)[C@@]12CC=CC[C@@H]1Cc1ccccc12. The Balaban J connectivity index is 2.21. The van der Waals surface area contributed by atoms with E-state index >= 15 is 0 Å². The minimum absolute atomic E-state index is 0.243. The molecular formula is C14H14O2. The van der Waals surface area contributed by atoms with Crippen LogP contribution in [0.15, 0.2) is 36.4 Å². The molecule has 0 saturated carbocycles. The highest BCUT2D eigenvalue weighted by Crippen LogP contribution is 2.49. The van der Waals surface area contributed by atoms with Crippen LogP contribution < -0.4 is 0 Å². The van der Waals surface area contributed by atoms with Gasteiger partial charge in [-0.3, -0.25) is 4.79 Å². The van der Waals surface area contributed by atoms with Crippen LogP contribution in [0.1, 0.15) is 24.0 Å². The molecule has 0 amide bonds. The van der Waals surface area contributed by atoms with E-state index in [-0.39, 0.29) is 5.92 Å². The van der Waals surface area contributed by atoms with E-state index in [4.69, 9.17) is 0 Å². The summed E-state index contributed by atoms with van der Waals surface area (Å²) in [5.41, 5.74) is 1.61. The van der Waals surface area contributed by atoms with Crippen molar-refractivity contribution in [1.82, 2.24) is 0 Å². The lowest BCUT2D eigenvalue weighted by molar-refractivity contribution is -0.145. The second kappa shape index (κ2) is 3.21. The summed E-state index contributed by atoms with van der Waals surface area (Å²) in [4.78, 5) is 11.7. The van der Waals surface area contributed by atoms with E-state index in [0.29, 0.717) is 6.42 Å². The van der Waals surface area contributed by atoms with Gasteiger partial charge in [-0.05, 0) is 36.3 Å². The second-order valence-corrected chi connectivity index (χ2v) is 4.75. The molecule has 0 saturated heterocycles. The Labute approximate surface area is 94.6 Å². The lowest BCUT2D eigenvalue weighted by Gasteiger charge is -2.33. The van der Waals surface area contributed by atoms with E-state index < -0.39 is 11.4 Å². The molecule has 0 fully saturated rings. The van der Waals surface area contributed by atoms with Crippen molar-refractivity contribution in [2.75, 3.05) is 0 Å². The van der Waals surface area contributed by atoms with E-state index in [1.165, 1.54) is 5.56 Å². The van der Waals surface area contributed by atoms with Gasteiger partial charge in [0.05, 0.1) is 5.41 Å². The average molecular weight is 214 g/mol. The van der Waals surface area contributed by atoms with Crippen LogP contribution in [-0.2, 0) is 16.6 Å². The molecular weight excluding hydrogens is 200 g/mol. The van der Waals surface area contributed by atoms with Gasteiger partial charge in [0, 0.05) is 0 Å². The molecule has 2 nitrogen and oxygen atoms in total. The molecule has 82 valence electrons. The summed E-state index contributed by atoms with van der Waals surface area (Å²) >= 11 is 0. The molecule has 0 spiro atoms. The smallest absolute Gasteiger partial charge is 0.314 e. The molecule has 2 heteroatoms. The molecule has 16 heavy (non-hydrogen) atoms. The normalized spacial score (nSPS) is 30.9. The van der Waals surface area contributed by atoms with Crippen LogP contribution in [0.2, 0.25) is 0 Å². The molecule has 1 N–H and O–H groups in total. The van der Waals surface area contributed by atoms with Crippen molar-refractivity contribution >= 4 is 5.97 Å². The molecule has 1 aromatic carbocycles. The van der Waals surface area contributed by atoms with E-state index in [1.54, 1.807) is 0 Å². The molecule has 0 unspecified atom stereocenters. The van der Waals surface area contributed by atoms with Crippen LogP contribution >= 0.6 is 0 Å². The maximum Gasteiger partial charge on any atom is 0.314 e. The first-order valence-corrected chi connectivity index (χ1v) is 5.72. The van der Waals surface area contributed by atoms with Crippen molar-refractivity contribution in [1.29, 1.82) is 0 Å². The number of benzene rings is 1. The number of carboxylic acid groups (broad SMARTS) is 1. The highest BCUT2D eigenvalue weighted by Gasteiger charge is 2.52. The van der Waals surface area contributed by atoms with Gasteiger partial charge >= 0.3 is 5.97 Å². The van der Waals surface area contributed by atoms with E-state index in [1.807, 2.05) is 24.3 Å². The Morgan fingerprint density at radius 1 is 1.31 bits per heavy atom. The maximum atomic E-state index is 11.7. The van der Waals surface area contributed by atoms with E-state index in [9.17, 15) is 9.90 Å². The summed E-state index contributed by atoms with van der Waals surface area (Å²) in [6, 6.07) is 8.00. The predicted octanol–water partition coefficient (Wildman–Crippen LogP) is 2.53. The first kappa shape index (κ1) is 9.64. The molecule has 2 atom stereocenters. The number of fused-ring (bicyclic) bond motifs is 3. The summed E-state index contributed by atoms with van der Waals surface area (Å²) in [5, 5.41) is 9.61. The minimum atomic E-state index is -0.660. The first-order chi connectivity index (χ1) is 7.75. The Kier molecular flexibility index (Phi) is 1.93. The number of carbonyl (C=O) groups is 1. The maximum absolute atomic E-state index is 11.7. The fourth-order valence-electron chi connectivity index (χ4n) is 3.26. The first-order valence-electron chi connectivity index (χ1n) is 5.72. The quantitative estimate of drug-likeness (QED) is 0.729. The third kappa shape index (κ3) is 1.04. The van der Waals surface area contributed by atoms with Crippen LogP contribution in [0, 0.1) is 5.92 Å². The van der Waals surface area contributed by atoms with Crippen LogP contribution in [0.4, 0.5) is 0 Å². The second-order valence-electron chi connectivity index (χ2n) is 4.75. The van der Waals surface area contributed by atoms with Gasteiger partial charge in [0.2, 0.25) is 0 Å². The number of rotatable bonds is 1. The van der Waals surface area contributed by atoms with Gasteiger partial charge in [-0.15, -0.1) is 0 Å². The zero-order valence-electron chi connectivity index (χ0n) is 9.02. The van der Waals surface area contributed by atoms with Crippen molar-refractivity contribution in [3.63, 3.8) is 0 Å². The van der Waals surface area contributed by atoms with Gasteiger partial charge in [-0.25, -0.2) is 0 Å². The number of aliphatic carboxylic acids is 1. The monoisotopic (exact) mass is 214 g/mol. The minimum Gasteiger partial charge on any atom is -0.481 e. The molecule has 0 radical (unpaired) electrons. The van der Waals surface area contributed by atoms with E-state index in [2.05, 4.69) is 12.1 Å². The zero-order chi connectivity index (χ0) is 11.2. The van der Waals surface area contributed by atoms with Gasteiger partial charge in [0.15, 0.2) is 0 Å². The van der Waals surface area contributed by atoms with Gasteiger partial charge in [-0.2, -0.15) is 0 Å². The highest BCUT2D eigenvalue weighted by molar-refractivity contribution is 5.84. The number of allylic oxidation sites excluding steroid dienone is 2. The molecule has 0 heterocycles. The topological polar surface area (TPSA) is 37.3 Å². The summed E-state index contributed by atoms with van der Waals surface area (Å²) in [7, 11) is 0. The number of carboxylic acids is 1. The Bertz CT molecular complexity index is 475. The van der Waals surface area contributed by atoms with Crippen molar-refractivity contribution < 1.29 is 9.90 Å². The van der Waals surface area contributed by atoms with Crippen molar-refractivity contribution in [2.24, 2.45) is 5.92 Å². The lowest BCUT2D eigenvalue weighted by atomic mass is 9.68. The largest absolute Gasteiger partial charge is 0.481 e. The Hall–Kier alpha value is -1.57. The third-order valence-electron chi connectivity index (χ3n) is 4.07. The van der Waals surface area contributed by atoms with Gasteiger partial charge in [0.25, 0.3) is 0 Å². The lowest BCUT2D eigenvalue weighted by Crippen LogP contribution is -2.41. The zero-order valence-corrected chi connectivity index (χ0v) is 9.02. The summed E-state index contributed by atoms with van der Waals surface area (Å²) in [6.07, 6.45) is 6.59. The highest BCUT2D eigenvalue weighted by atomic mass is 16.4. The summed E-state index contributed by atoms with van der Waals surface area (Å²) in [6.45, 7) is 0. The molecule has 0 aliphatic heterocycles. The standard InChI is InChI=1S/C14H14O2/c15-13(16)14-8-4-3-6-11(14)9-10-5-1-2-7-12(10)14/h1-5,7,11H,6,8-9H2,(H,15,16)/t11-,14+/m1/s1. The van der Waals surface area contributed by atoms with Gasteiger partial charge in [0.1, 0.15) is 0 Å². The fraction of sp³-hybridized carbons (Fsp3) is 0.357. The predicted molar refractivity (Wildman–Crippen MR) is 61.3 cm³/mol. The average Bonchev–Trinajstić information content (AvgIpc) is 2.64. The van der Waals surface area contributed by atoms with Gasteiger partial charge in [-0.1, -0.05) is 36.4 Å². The van der Waals surface area contributed by atoms with Crippen LogP contribution in [0.5, 0.6) is 0 Å². The molecule has 2 aliphatic carbocycles. The van der Waals surface area contributed by atoms with Crippen molar-refractivity contribution in [3.8, 4) is 0 Å². The Morgan fingerprint density at radius 3 is 2.94 bits per heavy atom. The molecule has 2 aliphatic rings. The molecule has 3 rings (SSSR count). The summed E-state index contributed by atoms with van der Waals surface area (Å²) < 4.78 is 0. The fourth-order valence-corrected chi connectivity index (χ4v) is 3.26. The van der Waals surface area contributed by atoms with Gasteiger partial charge < -0.3 is 5.11 Å². The summed E-state index contributed by atoms with van der Waals surface area (Å²) in [5.74, 6) is -0.417. The van der Waals surface area contributed by atoms with E-state index in [0.717, 1.165) is 18.4 Å². The van der Waals surface area contributed by atoms with Crippen LogP contribution in [0.25, 0.3) is 0 Å². The number of hydrogen-bond donors (Lipinski definition) is 1. The van der Waals surface area contributed by atoms with Crippen molar-refractivity contribution in [2.45, 2.75) is 24.7 Å². The third-order valence-corrected chi connectivity index (χ3v) is 4.07. The molecule has 0 aromatic heterocycles. The van der Waals surface area contributed by atoms with Crippen LogP contribution in [0.3, 0.4) is 0 Å². The molecule has 1 aromatic rings. The number of hydrogen-bond acceptors (Lipinski definition) is 1.